The lowest BCUT2D eigenvalue weighted by molar-refractivity contribution is -0.384. The van der Waals surface area contributed by atoms with Gasteiger partial charge in [0.05, 0.1) is 54.6 Å². The molecule has 2 heterocycles. The van der Waals surface area contributed by atoms with E-state index in [4.69, 9.17) is 28.9 Å². The number of unbranched alkanes of at least 4 members (excludes halogenated alkanes) is 2. The number of allylic oxidation sites excluding steroid dienone is 1. The molecule has 1 saturated carbocycles. The van der Waals surface area contributed by atoms with E-state index < -0.39 is 22.7 Å². The minimum Gasteiger partial charge on any atom is -0.492 e. The quantitative estimate of drug-likeness (QED) is 0.0272. The normalized spacial score (nSPS) is 23.4. The highest BCUT2D eigenvalue weighted by Crippen LogP contribution is 2.62. The molecule has 6 atom stereocenters. The van der Waals surface area contributed by atoms with Crippen LogP contribution in [-0.4, -0.2) is 126 Å². The highest BCUT2D eigenvalue weighted by molar-refractivity contribution is 6.03. The number of nitriles is 1. The number of nitro benzene ring substituents is 1. The molecule has 0 spiro atoms. The maximum Gasteiger partial charge on any atom is 0.269 e. The van der Waals surface area contributed by atoms with E-state index in [1.54, 1.807) is 47.4 Å². The van der Waals surface area contributed by atoms with Crippen molar-refractivity contribution in [1.82, 2.24) is 9.80 Å². The van der Waals surface area contributed by atoms with Crippen molar-refractivity contribution in [2.24, 2.45) is 22.9 Å². The van der Waals surface area contributed by atoms with Gasteiger partial charge in [-0.05, 0) is 103 Å². The maximum atomic E-state index is 15.1. The van der Waals surface area contributed by atoms with Crippen molar-refractivity contribution in [1.29, 1.82) is 5.26 Å². The van der Waals surface area contributed by atoms with Crippen LogP contribution in [0.15, 0.2) is 96.2 Å². The second kappa shape index (κ2) is 23.2. The van der Waals surface area contributed by atoms with E-state index in [0.29, 0.717) is 53.3 Å². The molecule has 1 saturated heterocycles. The average molecular weight is 908 g/mol. The summed E-state index contributed by atoms with van der Waals surface area (Å²) in [7, 11) is 0. The number of fused-ring (bicyclic) bond motifs is 2. The van der Waals surface area contributed by atoms with E-state index in [2.05, 4.69) is 29.7 Å². The number of hydrogen-bond donors (Lipinski definition) is 3. The van der Waals surface area contributed by atoms with Gasteiger partial charge in [0.15, 0.2) is 0 Å². The zero-order chi connectivity index (χ0) is 46.5. The molecule has 352 valence electrons. The molecule has 16 nitrogen and oxygen atoms in total. The summed E-state index contributed by atoms with van der Waals surface area (Å²) < 4.78 is 26.6. The first-order chi connectivity index (χ1) is 32.2. The standard InChI is InChI=1S/C50H61N5O11/c1-2-26-64-50-46(54(22-27-62-29-25-58)49(59)37-13-9-35(33-51)10-14-37)32-44(52-65-34-36-11-15-39(16-12-36)55(60)61)42-30-38(7-3-5-23-56)41(8-4-6-24-57)47(48(42)50)43-31-40(17-18-45(43)66-50)63-28-21-53-19-20-53/h2,9-18,30-31,38,41,46-48,56-58H,1,3-8,19-29,32,34H2/t38-,41+,46-,47+,48+,50+/m0/s1. The predicted molar refractivity (Wildman–Crippen MR) is 245 cm³/mol. The van der Waals surface area contributed by atoms with Gasteiger partial charge in [0, 0.05) is 75.0 Å². The molecule has 0 unspecified atom stereocenters. The lowest BCUT2D eigenvalue weighted by Crippen LogP contribution is -2.70. The lowest BCUT2D eigenvalue weighted by Gasteiger charge is -2.60. The Morgan fingerprint density at radius 1 is 1.00 bits per heavy atom. The Kier molecular flexibility index (Phi) is 16.9. The van der Waals surface area contributed by atoms with Crippen LogP contribution in [0, 0.1) is 39.2 Å². The first kappa shape index (κ1) is 48.3. The van der Waals surface area contributed by atoms with E-state index in [0.717, 1.165) is 56.5 Å². The fraction of sp³-hybridized carbons (Fsp3) is 0.500. The van der Waals surface area contributed by atoms with Crippen LogP contribution in [0.25, 0.3) is 0 Å². The van der Waals surface area contributed by atoms with Crippen molar-refractivity contribution < 1.29 is 48.8 Å². The smallest absolute Gasteiger partial charge is 0.269 e. The Balaban J connectivity index is 1.42. The molecule has 0 aromatic heterocycles. The molecule has 7 rings (SSSR count). The fourth-order valence-corrected chi connectivity index (χ4v) is 9.81. The summed E-state index contributed by atoms with van der Waals surface area (Å²) in [5, 5.41) is 55.4. The van der Waals surface area contributed by atoms with Crippen LogP contribution in [0.3, 0.4) is 0 Å². The monoisotopic (exact) mass is 907 g/mol. The van der Waals surface area contributed by atoms with Gasteiger partial charge in [-0.1, -0.05) is 30.1 Å². The fourth-order valence-electron chi connectivity index (χ4n) is 9.81. The van der Waals surface area contributed by atoms with Gasteiger partial charge in [-0.3, -0.25) is 19.8 Å². The Hall–Kier alpha value is -5.67. The number of nitro groups is 1. The Labute approximate surface area is 385 Å². The first-order valence-corrected chi connectivity index (χ1v) is 23.0. The Morgan fingerprint density at radius 3 is 2.44 bits per heavy atom. The minimum absolute atomic E-state index is 0.00137. The number of hydrogen-bond acceptors (Lipinski definition) is 14. The van der Waals surface area contributed by atoms with Crippen molar-refractivity contribution in [3.05, 3.63) is 123 Å². The number of oxime groups is 1. The van der Waals surface area contributed by atoms with Gasteiger partial charge in [0.2, 0.25) is 5.79 Å². The molecule has 4 aliphatic rings. The van der Waals surface area contributed by atoms with Crippen LogP contribution in [-0.2, 0) is 20.9 Å². The third kappa shape index (κ3) is 11.3. The highest BCUT2D eigenvalue weighted by Gasteiger charge is 2.65. The number of non-ortho nitro benzene ring substituents is 1. The van der Waals surface area contributed by atoms with Gasteiger partial charge in [0.1, 0.15) is 30.8 Å². The van der Waals surface area contributed by atoms with Crippen LogP contribution in [0.4, 0.5) is 5.69 Å². The summed E-state index contributed by atoms with van der Waals surface area (Å²) in [6.07, 6.45) is 8.31. The number of carbonyl (C=O) groups excluding carboxylic acids is 1. The largest absolute Gasteiger partial charge is 0.492 e. The lowest BCUT2D eigenvalue weighted by atomic mass is 9.55. The SMILES string of the molecule is C=CCO[C@@]12Oc3ccc(OCCN4CC4)cc3[C@H]3[C@H](CCCCO)[C@@H](CCCCO)C=C(C(=NOCc4ccc([N+](=O)[O-])cc4)C[C@@H]1N(CCOCCO)C(=O)c1ccc(C#N)cc1)[C@H]32. The molecule has 2 aliphatic carbocycles. The first-order valence-electron chi connectivity index (χ1n) is 23.0. The molecule has 16 heteroatoms. The van der Waals surface area contributed by atoms with Crippen LogP contribution >= 0.6 is 0 Å². The Bertz CT molecular complexity index is 2220. The van der Waals surface area contributed by atoms with Crippen molar-refractivity contribution >= 4 is 17.3 Å². The third-order valence-electron chi connectivity index (χ3n) is 13.0. The van der Waals surface area contributed by atoms with Gasteiger partial charge in [0.25, 0.3) is 11.6 Å². The summed E-state index contributed by atoms with van der Waals surface area (Å²) in [4.78, 5) is 36.2. The number of nitrogens with zero attached hydrogens (tertiary/aromatic N) is 5. The molecule has 3 aromatic carbocycles. The van der Waals surface area contributed by atoms with Crippen LogP contribution in [0.5, 0.6) is 11.5 Å². The summed E-state index contributed by atoms with van der Waals surface area (Å²) in [6.45, 7) is 7.65. The van der Waals surface area contributed by atoms with Gasteiger partial charge in [-0.25, -0.2) is 0 Å². The number of aliphatic hydroxyl groups is 3. The molecular formula is C50H61N5O11. The van der Waals surface area contributed by atoms with Gasteiger partial charge in [-0.2, -0.15) is 5.26 Å². The van der Waals surface area contributed by atoms with Crippen molar-refractivity contribution in [2.75, 3.05) is 72.4 Å². The number of amides is 1. The maximum absolute atomic E-state index is 15.1. The molecule has 0 radical (unpaired) electrons. The highest BCUT2D eigenvalue weighted by atomic mass is 16.7. The summed E-state index contributed by atoms with van der Waals surface area (Å²) in [6, 6.07) is 19.7. The van der Waals surface area contributed by atoms with Crippen LogP contribution in [0.1, 0.15) is 77.9 Å². The molecule has 2 fully saturated rings. The molecule has 2 aliphatic heterocycles. The summed E-state index contributed by atoms with van der Waals surface area (Å²) in [5.74, 6) is -1.50. The van der Waals surface area contributed by atoms with Crippen LogP contribution in [0.2, 0.25) is 0 Å². The van der Waals surface area contributed by atoms with Crippen molar-refractivity contribution in [3.63, 3.8) is 0 Å². The van der Waals surface area contributed by atoms with Gasteiger partial charge < -0.3 is 44.0 Å². The zero-order valence-corrected chi connectivity index (χ0v) is 37.4. The molecule has 1 amide bonds. The number of aliphatic hydroxyl groups excluding tert-OH is 3. The third-order valence-corrected chi connectivity index (χ3v) is 13.0. The minimum atomic E-state index is -1.54. The Morgan fingerprint density at radius 2 is 1.76 bits per heavy atom. The second-order valence-electron chi connectivity index (χ2n) is 17.2. The number of carbonyl (C=O) groups is 1. The van der Waals surface area contributed by atoms with Gasteiger partial charge in [-0.15, -0.1) is 6.58 Å². The van der Waals surface area contributed by atoms with E-state index in [1.165, 1.54) is 12.1 Å². The molecule has 0 bridgehead atoms. The van der Waals surface area contributed by atoms with E-state index in [9.17, 15) is 30.7 Å². The van der Waals surface area contributed by atoms with Gasteiger partial charge >= 0.3 is 0 Å². The van der Waals surface area contributed by atoms with E-state index in [1.807, 2.05) is 12.1 Å². The molecule has 3 N–H and O–H groups in total. The summed E-state index contributed by atoms with van der Waals surface area (Å²) in [5.41, 5.74) is 3.69. The van der Waals surface area contributed by atoms with E-state index >= 15 is 4.79 Å². The number of benzene rings is 3. The average Bonchev–Trinajstić information content (AvgIpc) is 4.17. The topological polar surface area (TPSA) is 209 Å². The van der Waals surface area contributed by atoms with E-state index in [-0.39, 0.29) is 88.6 Å². The zero-order valence-electron chi connectivity index (χ0n) is 37.4. The second-order valence-corrected chi connectivity index (χ2v) is 17.2. The number of ether oxygens (including phenoxy) is 4. The summed E-state index contributed by atoms with van der Waals surface area (Å²) >= 11 is 0. The molecule has 66 heavy (non-hydrogen) atoms. The van der Waals surface area contributed by atoms with Crippen molar-refractivity contribution in [3.8, 4) is 17.6 Å². The molecule has 3 aromatic rings. The number of rotatable bonds is 26. The van der Waals surface area contributed by atoms with Crippen molar-refractivity contribution in [2.45, 2.75) is 69.3 Å². The predicted octanol–water partition coefficient (Wildman–Crippen LogP) is 6.15. The molecular weight excluding hydrogens is 847 g/mol. The van der Waals surface area contributed by atoms with Crippen LogP contribution < -0.4 is 9.47 Å².